The lowest BCUT2D eigenvalue weighted by Gasteiger charge is -2.07. The molecule has 0 fully saturated rings. The van der Waals surface area contributed by atoms with E-state index in [0.717, 1.165) is 5.69 Å². The largest absolute Gasteiger partial charge is 0.384 e. The lowest BCUT2D eigenvalue weighted by atomic mass is 10.3. The molecule has 0 aromatic heterocycles. The zero-order valence-corrected chi connectivity index (χ0v) is 10.6. The van der Waals surface area contributed by atoms with Gasteiger partial charge in [0.2, 0.25) is 5.91 Å². The Balaban J connectivity index is 2.37. The number of carbonyl (C=O) groups is 1. The number of hydrogen-bond donors (Lipinski definition) is 2. The van der Waals surface area contributed by atoms with Crippen molar-refractivity contribution >= 4 is 27.5 Å². The Bertz CT molecular complexity index is 371. The van der Waals surface area contributed by atoms with Gasteiger partial charge in [0, 0.05) is 25.2 Å². The number of hydrogen-bond acceptors (Lipinski definition) is 2. The molecular weight excluding hydrogens is 275 g/mol. The molecule has 0 aliphatic heterocycles. The van der Waals surface area contributed by atoms with E-state index < -0.39 is 0 Å². The van der Waals surface area contributed by atoms with Crippen molar-refractivity contribution in [3.05, 3.63) is 28.5 Å². The van der Waals surface area contributed by atoms with Gasteiger partial charge in [0.25, 0.3) is 0 Å². The minimum absolute atomic E-state index is 0.0103. The summed E-state index contributed by atoms with van der Waals surface area (Å²) in [6.45, 7) is 3.05. The molecule has 0 saturated carbocycles. The average Bonchev–Trinajstić information content (AvgIpc) is 2.24. The topological polar surface area (TPSA) is 41.1 Å². The fraction of sp³-hybridized carbons (Fsp3) is 0.364. The molecule has 5 heteroatoms. The fourth-order valence-electron chi connectivity index (χ4n) is 1.21. The number of amides is 1. The Kier molecular flexibility index (Phi) is 5.25. The Labute approximate surface area is 103 Å². The SMILES string of the molecule is CCNC(=O)CCNc1ccc(F)c(Br)c1. The summed E-state index contributed by atoms with van der Waals surface area (Å²) >= 11 is 3.10. The molecule has 0 spiro atoms. The molecule has 1 aromatic carbocycles. The van der Waals surface area contributed by atoms with E-state index in [2.05, 4.69) is 26.6 Å². The van der Waals surface area contributed by atoms with Gasteiger partial charge in [0.05, 0.1) is 4.47 Å². The van der Waals surface area contributed by atoms with E-state index in [1.54, 1.807) is 12.1 Å². The van der Waals surface area contributed by atoms with Crippen LogP contribution in [0.25, 0.3) is 0 Å². The second-order valence-electron chi connectivity index (χ2n) is 3.26. The van der Waals surface area contributed by atoms with E-state index in [9.17, 15) is 9.18 Å². The summed E-state index contributed by atoms with van der Waals surface area (Å²) in [5.74, 6) is -0.287. The first-order chi connectivity index (χ1) is 7.63. The highest BCUT2D eigenvalue weighted by Gasteiger charge is 2.01. The predicted octanol–water partition coefficient (Wildman–Crippen LogP) is 2.53. The Hall–Kier alpha value is -1.10. The Morgan fingerprint density at radius 2 is 2.25 bits per heavy atom. The first-order valence-corrected chi connectivity index (χ1v) is 5.88. The molecule has 1 rings (SSSR count). The number of anilines is 1. The highest BCUT2D eigenvalue weighted by Crippen LogP contribution is 2.19. The van der Waals surface area contributed by atoms with Gasteiger partial charge in [-0.3, -0.25) is 4.79 Å². The molecular formula is C11H14BrFN2O. The quantitative estimate of drug-likeness (QED) is 0.874. The number of rotatable bonds is 5. The predicted molar refractivity (Wildman–Crippen MR) is 65.9 cm³/mol. The van der Waals surface area contributed by atoms with Crippen LogP contribution in [0.1, 0.15) is 13.3 Å². The zero-order valence-electron chi connectivity index (χ0n) is 9.02. The average molecular weight is 289 g/mol. The smallest absolute Gasteiger partial charge is 0.221 e. The van der Waals surface area contributed by atoms with Gasteiger partial charge in [0.1, 0.15) is 5.82 Å². The third kappa shape index (κ3) is 4.18. The summed E-state index contributed by atoms with van der Waals surface area (Å²) in [7, 11) is 0. The van der Waals surface area contributed by atoms with Crippen molar-refractivity contribution < 1.29 is 9.18 Å². The van der Waals surface area contributed by atoms with Crippen LogP contribution in [-0.2, 0) is 4.79 Å². The van der Waals surface area contributed by atoms with Gasteiger partial charge in [-0.2, -0.15) is 0 Å². The maximum absolute atomic E-state index is 12.9. The second kappa shape index (κ2) is 6.48. The monoisotopic (exact) mass is 288 g/mol. The van der Waals surface area contributed by atoms with E-state index in [1.807, 2.05) is 6.92 Å². The number of carbonyl (C=O) groups excluding carboxylic acids is 1. The van der Waals surface area contributed by atoms with E-state index in [0.29, 0.717) is 24.0 Å². The van der Waals surface area contributed by atoms with Crippen LogP contribution in [0.2, 0.25) is 0 Å². The van der Waals surface area contributed by atoms with Gasteiger partial charge in [0.15, 0.2) is 0 Å². The summed E-state index contributed by atoms with van der Waals surface area (Å²) in [4.78, 5) is 11.1. The molecule has 0 aliphatic carbocycles. The number of benzene rings is 1. The molecule has 0 atom stereocenters. The molecule has 1 amide bonds. The van der Waals surface area contributed by atoms with Gasteiger partial charge < -0.3 is 10.6 Å². The molecule has 0 heterocycles. The van der Waals surface area contributed by atoms with Crippen LogP contribution in [0.4, 0.5) is 10.1 Å². The minimum Gasteiger partial charge on any atom is -0.384 e. The molecule has 1 aromatic rings. The van der Waals surface area contributed by atoms with Crippen LogP contribution < -0.4 is 10.6 Å². The maximum atomic E-state index is 12.9. The molecule has 88 valence electrons. The summed E-state index contributed by atoms with van der Waals surface area (Å²) in [5.41, 5.74) is 0.789. The first kappa shape index (κ1) is 13.0. The zero-order chi connectivity index (χ0) is 12.0. The Morgan fingerprint density at radius 1 is 1.50 bits per heavy atom. The van der Waals surface area contributed by atoms with Gasteiger partial charge >= 0.3 is 0 Å². The van der Waals surface area contributed by atoms with Crippen molar-refractivity contribution in [2.24, 2.45) is 0 Å². The summed E-state index contributed by atoms with van der Waals surface area (Å²) in [6, 6.07) is 4.66. The lowest BCUT2D eigenvalue weighted by molar-refractivity contribution is -0.120. The van der Waals surface area contributed by atoms with Gasteiger partial charge in [-0.05, 0) is 41.1 Å². The lowest BCUT2D eigenvalue weighted by Crippen LogP contribution is -2.24. The van der Waals surface area contributed by atoms with Crippen LogP contribution in [-0.4, -0.2) is 19.0 Å². The van der Waals surface area contributed by atoms with Crippen LogP contribution in [0.5, 0.6) is 0 Å². The molecule has 0 bridgehead atoms. The Morgan fingerprint density at radius 3 is 2.88 bits per heavy atom. The first-order valence-electron chi connectivity index (χ1n) is 5.09. The van der Waals surface area contributed by atoms with Gasteiger partial charge in [-0.1, -0.05) is 0 Å². The highest BCUT2D eigenvalue weighted by molar-refractivity contribution is 9.10. The molecule has 3 nitrogen and oxygen atoms in total. The maximum Gasteiger partial charge on any atom is 0.221 e. The van der Waals surface area contributed by atoms with Crippen molar-refractivity contribution in [2.75, 3.05) is 18.4 Å². The van der Waals surface area contributed by atoms with E-state index in [1.165, 1.54) is 6.07 Å². The van der Waals surface area contributed by atoms with Crippen molar-refractivity contribution in [2.45, 2.75) is 13.3 Å². The number of nitrogens with one attached hydrogen (secondary N) is 2. The third-order valence-corrected chi connectivity index (χ3v) is 2.58. The van der Waals surface area contributed by atoms with Crippen molar-refractivity contribution in [1.82, 2.24) is 5.32 Å². The third-order valence-electron chi connectivity index (χ3n) is 1.97. The van der Waals surface area contributed by atoms with Crippen molar-refractivity contribution in [3.63, 3.8) is 0 Å². The normalized spacial score (nSPS) is 9.94. The van der Waals surface area contributed by atoms with Crippen molar-refractivity contribution in [1.29, 1.82) is 0 Å². The standard InChI is InChI=1S/C11H14BrFN2O/c1-2-14-11(16)5-6-15-8-3-4-10(13)9(12)7-8/h3-4,7,15H,2,5-6H2,1H3,(H,14,16). The summed E-state index contributed by atoms with van der Waals surface area (Å²) < 4.78 is 13.3. The number of halogens is 2. The molecule has 16 heavy (non-hydrogen) atoms. The van der Waals surface area contributed by atoms with Crippen LogP contribution in [0.15, 0.2) is 22.7 Å². The summed E-state index contributed by atoms with van der Waals surface area (Å²) in [6.07, 6.45) is 0.406. The van der Waals surface area contributed by atoms with Crippen LogP contribution in [0, 0.1) is 5.82 Å². The van der Waals surface area contributed by atoms with Crippen molar-refractivity contribution in [3.8, 4) is 0 Å². The fourth-order valence-corrected chi connectivity index (χ4v) is 1.59. The second-order valence-corrected chi connectivity index (χ2v) is 4.11. The van der Waals surface area contributed by atoms with Gasteiger partial charge in [-0.25, -0.2) is 4.39 Å². The van der Waals surface area contributed by atoms with E-state index in [-0.39, 0.29) is 11.7 Å². The minimum atomic E-state index is -0.297. The van der Waals surface area contributed by atoms with E-state index >= 15 is 0 Å². The van der Waals surface area contributed by atoms with Crippen LogP contribution in [0.3, 0.4) is 0 Å². The van der Waals surface area contributed by atoms with Crippen LogP contribution >= 0.6 is 15.9 Å². The molecule has 2 N–H and O–H groups in total. The molecule has 0 saturated heterocycles. The summed E-state index contributed by atoms with van der Waals surface area (Å²) in [5, 5.41) is 5.75. The molecule has 0 radical (unpaired) electrons. The highest BCUT2D eigenvalue weighted by atomic mass is 79.9. The molecule has 0 unspecified atom stereocenters. The van der Waals surface area contributed by atoms with E-state index in [4.69, 9.17) is 0 Å². The van der Waals surface area contributed by atoms with Gasteiger partial charge in [-0.15, -0.1) is 0 Å². The molecule has 0 aliphatic rings.